The van der Waals surface area contributed by atoms with Crippen molar-refractivity contribution in [3.05, 3.63) is 12.2 Å². The number of aliphatic carboxylic acids is 2. The van der Waals surface area contributed by atoms with E-state index in [-0.39, 0.29) is 6.54 Å². The van der Waals surface area contributed by atoms with Gasteiger partial charge in [0.1, 0.15) is 18.3 Å². The summed E-state index contributed by atoms with van der Waals surface area (Å²) in [6, 6.07) is 0. The lowest BCUT2D eigenvalue weighted by Crippen LogP contribution is -2.48. The molecule has 10 heteroatoms. The summed E-state index contributed by atoms with van der Waals surface area (Å²) in [6.07, 6.45) is -4.53. The highest BCUT2D eigenvalue weighted by Gasteiger charge is 2.29. The number of rotatable bonds is 8. The van der Waals surface area contributed by atoms with Crippen molar-refractivity contribution in [3.8, 4) is 0 Å². The molecule has 0 heterocycles. The number of carbonyl (C=O) groups is 2. The van der Waals surface area contributed by atoms with E-state index in [0.29, 0.717) is 12.2 Å². The molecule has 0 amide bonds. The SMILES string of the molecule is CNC[C@H](O)[C@@H](O)[C@H](O)[C@H](O)CO.O=[13C](O)/C=C/[13C](=O)O. The highest BCUT2D eigenvalue weighted by Crippen LogP contribution is 2.04. The Hall–Kier alpha value is -1.56. The Morgan fingerprint density at radius 1 is 0.952 bits per heavy atom. The Labute approximate surface area is 120 Å². The van der Waals surface area contributed by atoms with Gasteiger partial charge < -0.3 is 41.1 Å². The zero-order valence-corrected chi connectivity index (χ0v) is 11.3. The van der Waals surface area contributed by atoms with Crippen LogP contribution >= 0.6 is 0 Å². The molecule has 4 atom stereocenters. The quantitative estimate of drug-likeness (QED) is 0.164. The van der Waals surface area contributed by atoms with Crippen LogP contribution in [-0.2, 0) is 9.59 Å². The van der Waals surface area contributed by atoms with Gasteiger partial charge in [0.15, 0.2) is 0 Å². The fraction of sp³-hybridized carbons (Fsp3) is 0.636. The predicted molar refractivity (Wildman–Crippen MR) is 69.5 cm³/mol. The summed E-state index contributed by atoms with van der Waals surface area (Å²) in [6.45, 7) is -0.569. The summed E-state index contributed by atoms with van der Waals surface area (Å²) in [5.41, 5.74) is 0. The van der Waals surface area contributed by atoms with E-state index >= 15 is 0 Å². The molecule has 0 aliphatic heterocycles. The van der Waals surface area contributed by atoms with Gasteiger partial charge in [-0.2, -0.15) is 0 Å². The van der Waals surface area contributed by atoms with Gasteiger partial charge in [-0.3, -0.25) is 0 Å². The van der Waals surface area contributed by atoms with Crippen LogP contribution in [-0.4, -0.2) is 92.3 Å². The predicted octanol–water partition coefficient (Wildman–Crippen LogP) is -3.65. The molecule has 0 unspecified atom stereocenters. The van der Waals surface area contributed by atoms with Crippen molar-refractivity contribution >= 4 is 11.9 Å². The molecular weight excluding hydrogens is 292 g/mol. The van der Waals surface area contributed by atoms with Crippen molar-refractivity contribution in [2.24, 2.45) is 0 Å². The molecule has 21 heavy (non-hydrogen) atoms. The summed E-state index contributed by atoms with van der Waals surface area (Å²) >= 11 is 0. The summed E-state index contributed by atoms with van der Waals surface area (Å²) in [5.74, 6) is -2.51. The Kier molecular flexibility index (Phi) is 12.6. The Morgan fingerprint density at radius 2 is 1.33 bits per heavy atom. The first-order valence-corrected chi connectivity index (χ1v) is 5.79. The lowest BCUT2D eigenvalue weighted by Gasteiger charge is -2.25. The third-order valence-corrected chi connectivity index (χ3v) is 2.11. The van der Waals surface area contributed by atoms with Crippen molar-refractivity contribution in [1.82, 2.24) is 5.32 Å². The molecule has 0 saturated heterocycles. The number of carboxylic acids is 2. The second-order valence-electron chi connectivity index (χ2n) is 3.87. The van der Waals surface area contributed by atoms with E-state index in [4.69, 9.17) is 30.6 Å². The van der Waals surface area contributed by atoms with Crippen molar-refractivity contribution in [1.29, 1.82) is 0 Å². The number of aliphatic hydroxyl groups is 5. The first kappa shape index (κ1) is 21.7. The minimum absolute atomic E-state index is 0.0936. The molecular formula is C11H21NO9. The molecule has 10 nitrogen and oxygen atoms in total. The van der Waals surface area contributed by atoms with E-state index in [1.165, 1.54) is 0 Å². The minimum atomic E-state index is -1.55. The van der Waals surface area contributed by atoms with Gasteiger partial charge >= 0.3 is 11.9 Å². The van der Waals surface area contributed by atoms with Crippen LogP contribution in [0.3, 0.4) is 0 Å². The van der Waals surface area contributed by atoms with Gasteiger partial charge in [-0.15, -0.1) is 0 Å². The van der Waals surface area contributed by atoms with Crippen LogP contribution in [0.4, 0.5) is 0 Å². The molecule has 0 fully saturated rings. The average Bonchev–Trinajstić information content (AvgIpc) is 2.43. The topological polar surface area (TPSA) is 188 Å². The Balaban J connectivity index is 0. The number of hydrogen-bond acceptors (Lipinski definition) is 8. The van der Waals surface area contributed by atoms with Crippen LogP contribution in [0.1, 0.15) is 0 Å². The molecule has 0 radical (unpaired) electrons. The first-order chi connectivity index (χ1) is 9.67. The highest BCUT2D eigenvalue weighted by atomic mass is 16.5. The molecule has 0 aliphatic carbocycles. The van der Waals surface area contributed by atoms with E-state index < -0.39 is 43.0 Å². The van der Waals surface area contributed by atoms with Gasteiger partial charge in [0.05, 0.1) is 12.7 Å². The van der Waals surface area contributed by atoms with Crippen LogP contribution in [0.15, 0.2) is 12.2 Å². The van der Waals surface area contributed by atoms with Crippen LogP contribution in [0, 0.1) is 0 Å². The molecule has 0 aromatic carbocycles. The molecule has 0 saturated carbocycles. The van der Waals surface area contributed by atoms with Crippen molar-refractivity contribution in [3.63, 3.8) is 0 Å². The zero-order valence-electron chi connectivity index (χ0n) is 11.3. The maximum absolute atomic E-state index is 9.55. The van der Waals surface area contributed by atoms with E-state index in [9.17, 15) is 14.7 Å². The van der Waals surface area contributed by atoms with Crippen LogP contribution in [0.25, 0.3) is 0 Å². The molecule has 0 aromatic heterocycles. The van der Waals surface area contributed by atoms with Crippen LogP contribution in [0.2, 0.25) is 0 Å². The smallest absolute Gasteiger partial charge is 0.328 e. The van der Waals surface area contributed by atoms with Gasteiger partial charge in [-0.05, 0) is 7.05 Å². The van der Waals surface area contributed by atoms with Gasteiger partial charge in [0, 0.05) is 18.7 Å². The Bertz CT molecular complexity index is 318. The molecule has 0 aromatic rings. The number of hydrogen-bond donors (Lipinski definition) is 8. The third-order valence-electron chi connectivity index (χ3n) is 2.11. The molecule has 124 valence electrons. The Morgan fingerprint density at radius 3 is 1.62 bits per heavy atom. The van der Waals surface area contributed by atoms with Crippen molar-refractivity contribution < 1.29 is 45.3 Å². The fourth-order valence-electron chi connectivity index (χ4n) is 1.04. The van der Waals surface area contributed by atoms with E-state index in [2.05, 4.69) is 5.32 Å². The minimum Gasteiger partial charge on any atom is -0.478 e. The van der Waals surface area contributed by atoms with Gasteiger partial charge in [0.25, 0.3) is 0 Å². The first-order valence-electron chi connectivity index (χ1n) is 5.79. The van der Waals surface area contributed by atoms with Crippen molar-refractivity contribution in [2.45, 2.75) is 24.4 Å². The maximum atomic E-state index is 9.55. The fourth-order valence-corrected chi connectivity index (χ4v) is 1.04. The monoisotopic (exact) mass is 313 g/mol. The third kappa shape index (κ3) is 11.9. The second kappa shape index (κ2) is 12.2. The summed E-state index contributed by atoms with van der Waals surface area (Å²) in [7, 11) is 1.57. The normalized spacial score (nSPS) is 16.5. The number of nitrogens with one attached hydrogen (secondary N) is 1. The second-order valence-corrected chi connectivity index (χ2v) is 3.87. The summed E-state index contributed by atoms with van der Waals surface area (Å²) in [5, 5.41) is 63.1. The largest absolute Gasteiger partial charge is 0.478 e. The molecule has 0 spiro atoms. The lowest BCUT2D eigenvalue weighted by molar-refractivity contribution is -0.134. The number of likely N-dealkylation sites (N-methyl/N-ethyl adjacent to an activating group) is 1. The average molecular weight is 313 g/mol. The van der Waals surface area contributed by atoms with Gasteiger partial charge in [0.2, 0.25) is 0 Å². The standard InChI is InChI=1S/C7H17NO5.C4H4O4/c1-8-2-4(10)6(12)7(13)5(11)3-9;5-3(6)1-2-4(7)8/h4-13H,2-3H2,1H3;1-2H,(H,5,6)(H,7,8)/b;2-1+/t4-,5+,6+,7+;/m0./s1/i;3+1,4+1. The maximum Gasteiger partial charge on any atom is 0.328 e. The lowest BCUT2D eigenvalue weighted by atomic mass is 10.0. The molecule has 0 rings (SSSR count). The van der Waals surface area contributed by atoms with Gasteiger partial charge in [-0.1, -0.05) is 0 Å². The van der Waals surface area contributed by atoms with Crippen molar-refractivity contribution in [2.75, 3.05) is 20.2 Å². The zero-order chi connectivity index (χ0) is 17.0. The van der Waals surface area contributed by atoms with E-state index in [1.807, 2.05) is 0 Å². The molecule has 0 bridgehead atoms. The van der Waals surface area contributed by atoms with Gasteiger partial charge in [-0.25, -0.2) is 9.59 Å². The molecule has 8 N–H and O–H groups in total. The van der Waals surface area contributed by atoms with Crippen LogP contribution < -0.4 is 5.32 Å². The highest BCUT2D eigenvalue weighted by molar-refractivity contribution is 5.89. The summed E-state index contributed by atoms with van der Waals surface area (Å²) in [4.78, 5) is 19.1. The van der Waals surface area contributed by atoms with E-state index in [1.54, 1.807) is 7.05 Å². The molecule has 0 aliphatic rings. The number of carboxylic acid groups (broad SMARTS) is 2. The van der Waals surface area contributed by atoms with Crippen LogP contribution in [0.5, 0.6) is 0 Å². The summed E-state index contributed by atoms with van der Waals surface area (Å²) < 4.78 is 0. The van der Waals surface area contributed by atoms with E-state index in [0.717, 1.165) is 0 Å². The number of aliphatic hydroxyl groups excluding tert-OH is 5.